The van der Waals surface area contributed by atoms with Crippen LogP contribution >= 0.6 is 7.60 Å². The first-order valence-electron chi connectivity index (χ1n) is 14.5. The van der Waals surface area contributed by atoms with Crippen molar-refractivity contribution in [2.75, 3.05) is 33.5 Å². The van der Waals surface area contributed by atoms with Gasteiger partial charge in [0.2, 0.25) is 5.91 Å². The Morgan fingerprint density at radius 1 is 0.867 bits per heavy atom. The van der Waals surface area contributed by atoms with Gasteiger partial charge in [-0.05, 0) is 55.7 Å². The summed E-state index contributed by atoms with van der Waals surface area (Å²) in [5, 5.41) is 5.34. The molecular formula is C32H39F2N2O8P. The number of carbonyl (C=O) groups excluding carboxylic acids is 2. The van der Waals surface area contributed by atoms with Gasteiger partial charge < -0.3 is 33.9 Å². The summed E-state index contributed by atoms with van der Waals surface area (Å²) in [4.78, 5) is 25.8. The Labute approximate surface area is 261 Å². The fourth-order valence-electron chi connectivity index (χ4n) is 4.16. The second-order valence-electron chi connectivity index (χ2n) is 9.70. The van der Waals surface area contributed by atoms with E-state index in [0.29, 0.717) is 30.1 Å². The third-order valence-electron chi connectivity index (χ3n) is 6.45. The molecule has 0 aliphatic heterocycles. The quantitative estimate of drug-likeness (QED) is 0.120. The minimum Gasteiger partial charge on any atom is -0.497 e. The lowest BCUT2D eigenvalue weighted by molar-refractivity contribution is -0.123. The smallest absolute Gasteiger partial charge is 0.408 e. The zero-order chi connectivity index (χ0) is 32.7. The van der Waals surface area contributed by atoms with Crippen LogP contribution in [0.4, 0.5) is 13.6 Å². The van der Waals surface area contributed by atoms with Gasteiger partial charge in [0.1, 0.15) is 24.1 Å². The van der Waals surface area contributed by atoms with E-state index in [9.17, 15) is 14.2 Å². The largest absolute Gasteiger partial charge is 0.497 e. The average Bonchev–Trinajstić information content (AvgIpc) is 3.04. The molecule has 0 bridgehead atoms. The van der Waals surface area contributed by atoms with Gasteiger partial charge in [-0.15, -0.1) is 0 Å². The summed E-state index contributed by atoms with van der Waals surface area (Å²) in [7, 11) is -3.21. The van der Waals surface area contributed by atoms with E-state index in [1.165, 1.54) is 26.0 Å². The topological polar surface area (TPSA) is 121 Å². The molecule has 3 aromatic rings. The van der Waals surface area contributed by atoms with Crippen LogP contribution in [-0.2, 0) is 41.8 Å². The molecule has 45 heavy (non-hydrogen) atoms. The zero-order valence-corrected chi connectivity index (χ0v) is 26.4. The summed E-state index contributed by atoms with van der Waals surface area (Å²) >= 11 is 0. The van der Waals surface area contributed by atoms with Crippen molar-refractivity contribution in [2.24, 2.45) is 0 Å². The van der Waals surface area contributed by atoms with Gasteiger partial charge >= 0.3 is 19.4 Å². The molecule has 0 heterocycles. The van der Waals surface area contributed by atoms with Gasteiger partial charge in [0.25, 0.3) is 0 Å². The lowest BCUT2D eigenvalue weighted by Gasteiger charge is -2.26. The number of alkyl carbamates (subject to hydrolysis) is 1. The minimum absolute atomic E-state index is 0.00674. The van der Waals surface area contributed by atoms with Crippen LogP contribution in [0.25, 0.3) is 0 Å². The number of nitrogens with one attached hydrogen (secondary N) is 2. The number of hydrogen-bond acceptors (Lipinski definition) is 8. The second-order valence-corrected chi connectivity index (χ2v) is 11.8. The maximum atomic E-state index is 15.2. The summed E-state index contributed by atoms with van der Waals surface area (Å²) in [6.45, 7) is 3.02. The minimum atomic E-state index is -4.78. The van der Waals surface area contributed by atoms with Crippen molar-refractivity contribution >= 4 is 19.6 Å². The maximum absolute atomic E-state index is 15.2. The van der Waals surface area contributed by atoms with E-state index in [1.807, 2.05) is 6.07 Å². The molecule has 0 aliphatic rings. The van der Waals surface area contributed by atoms with E-state index >= 15 is 8.78 Å². The monoisotopic (exact) mass is 648 g/mol. The molecule has 244 valence electrons. The number of amides is 2. The molecular weight excluding hydrogens is 609 g/mol. The van der Waals surface area contributed by atoms with Crippen LogP contribution in [0.5, 0.6) is 11.5 Å². The number of benzene rings is 3. The summed E-state index contributed by atoms with van der Waals surface area (Å²) in [6, 6.07) is 20.0. The highest BCUT2D eigenvalue weighted by Gasteiger charge is 2.54. The molecule has 3 rings (SSSR count). The maximum Gasteiger partial charge on any atom is 0.408 e. The Balaban J connectivity index is 1.65. The Morgan fingerprint density at radius 2 is 1.49 bits per heavy atom. The van der Waals surface area contributed by atoms with Gasteiger partial charge in [-0.3, -0.25) is 9.36 Å². The number of ether oxygens (including phenoxy) is 3. The van der Waals surface area contributed by atoms with Crippen molar-refractivity contribution in [2.45, 2.75) is 45.0 Å². The number of halogens is 2. The normalized spacial score (nSPS) is 12.2. The lowest BCUT2D eigenvalue weighted by atomic mass is 10.0. The molecule has 13 heteroatoms. The third kappa shape index (κ3) is 10.6. The van der Waals surface area contributed by atoms with Gasteiger partial charge in [-0.2, -0.15) is 8.78 Å². The summed E-state index contributed by atoms with van der Waals surface area (Å²) in [5.41, 5.74) is -3.24. The van der Waals surface area contributed by atoms with Crippen LogP contribution < -0.4 is 20.1 Å². The van der Waals surface area contributed by atoms with E-state index in [0.717, 1.165) is 17.7 Å². The lowest BCUT2D eigenvalue weighted by Crippen LogP contribution is -2.48. The fraction of sp³-hybridized carbons (Fsp3) is 0.375. The third-order valence-corrected chi connectivity index (χ3v) is 8.60. The number of hydrogen-bond donors (Lipinski definition) is 2. The molecule has 0 aliphatic carbocycles. The molecule has 0 aromatic heterocycles. The summed E-state index contributed by atoms with van der Waals surface area (Å²) < 4.78 is 69.0. The average molecular weight is 649 g/mol. The summed E-state index contributed by atoms with van der Waals surface area (Å²) in [5.74, 6) is 0.855. The SMILES string of the molecule is CCOP(=O)(OCC)C(F)(F)c1ccc(CC(NC(=O)OCc2ccccc2)C(=O)NCCCOc2ccc(OC)cc2)cc1. The van der Waals surface area contributed by atoms with Crippen molar-refractivity contribution in [3.63, 3.8) is 0 Å². The van der Waals surface area contributed by atoms with Gasteiger partial charge in [0.05, 0.1) is 26.9 Å². The molecule has 1 unspecified atom stereocenters. The Morgan fingerprint density at radius 3 is 2.09 bits per heavy atom. The Kier molecular flexibility index (Phi) is 13.8. The van der Waals surface area contributed by atoms with E-state index in [-0.39, 0.29) is 32.8 Å². The highest BCUT2D eigenvalue weighted by Crippen LogP contribution is 2.66. The number of alkyl halides is 2. The fourth-order valence-corrected chi connectivity index (χ4v) is 5.70. The van der Waals surface area contributed by atoms with Gasteiger partial charge in [-0.25, -0.2) is 4.79 Å². The molecule has 0 saturated heterocycles. The van der Waals surface area contributed by atoms with Crippen molar-refractivity contribution in [3.05, 3.63) is 95.6 Å². The first-order valence-corrected chi connectivity index (χ1v) is 16.0. The molecule has 3 aromatic carbocycles. The van der Waals surface area contributed by atoms with Gasteiger partial charge in [0, 0.05) is 18.5 Å². The van der Waals surface area contributed by atoms with Crippen LogP contribution in [0.3, 0.4) is 0 Å². The van der Waals surface area contributed by atoms with Crippen molar-refractivity contribution in [1.82, 2.24) is 10.6 Å². The first kappa shape index (κ1) is 35.5. The first-order chi connectivity index (χ1) is 21.6. The molecule has 2 amide bonds. The van der Waals surface area contributed by atoms with E-state index < -0.39 is 36.9 Å². The number of rotatable bonds is 18. The standard InChI is InChI=1S/C32H39F2N2O8P/c1-4-43-45(39,44-5-2)32(33,34)26-14-12-24(13-15-26)22-29(36-31(38)42-23-25-10-7-6-8-11-25)30(37)35-20-9-21-41-28-18-16-27(40-3)17-19-28/h6-8,10-19,29H,4-5,9,20-23H2,1-3H3,(H,35,37)(H,36,38). The molecule has 0 fully saturated rings. The highest BCUT2D eigenvalue weighted by atomic mass is 31.2. The van der Waals surface area contributed by atoms with Crippen LogP contribution in [0, 0.1) is 0 Å². The highest BCUT2D eigenvalue weighted by molar-refractivity contribution is 7.54. The zero-order valence-electron chi connectivity index (χ0n) is 25.5. The van der Waals surface area contributed by atoms with Crippen LogP contribution in [0.2, 0.25) is 0 Å². The number of carbonyl (C=O) groups is 2. The van der Waals surface area contributed by atoms with Crippen molar-refractivity contribution in [3.8, 4) is 11.5 Å². The Hall–Kier alpha value is -3.99. The van der Waals surface area contributed by atoms with Crippen LogP contribution in [-0.4, -0.2) is 51.5 Å². The molecule has 1 atom stereocenters. The van der Waals surface area contributed by atoms with Crippen LogP contribution in [0.15, 0.2) is 78.9 Å². The van der Waals surface area contributed by atoms with E-state index in [1.54, 1.807) is 55.6 Å². The van der Waals surface area contributed by atoms with Crippen molar-refractivity contribution < 1.29 is 46.2 Å². The summed E-state index contributed by atoms with van der Waals surface area (Å²) in [6.07, 6.45) is -0.374. The molecule has 2 N–H and O–H groups in total. The van der Waals surface area contributed by atoms with Gasteiger partial charge in [0.15, 0.2) is 0 Å². The predicted molar refractivity (Wildman–Crippen MR) is 165 cm³/mol. The van der Waals surface area contributed by atoms with Crippen LogP contribution in [0.1, 0.15) is 37.0 Å². The van der Waals surface area contributed by atoms with Crippen molar-refractivity contribution in [1.29, 1.82) is 0 Å². The second kappa shape index (κ2) is 17.5. The number of methoxy groups -OCH3 is 1. The van der Waals surface area contributed by atoms with E-state index in [2.05, 4.69) is 10.6 Å². The Bertz CT molecular complexity index is 1380. The molecule has 10 nitrogen and oxygen atoms in total. The predicted octanol–water partition coefficient (Wildman–Crippen LogP) is 6.43. The van der Waals surface area contributed by atoms with Gasteiger partial charge in [-0.1, -0.05) is 54.6 Å². The molecule has 0 radical (unpaired) electrons. The van der Waals surface area contributed by atoms with E-state index in [4.69, 9.17) is 23.3 Å². The molecule has 0 spiro atoms. The molecule has 0 saturated carbocycles.